The van der Waals surface area contributed by atoms with Crippen LogP contribution in [0, 0.1) is 17.1 Å². The molecule has 0 spiro atoms. The van der Waals surface area contributed by atoms with Gasteiger partial charge in [0.15, 0.2) is 0 Å². The zero-order valence-corrected chi connectivity index (χ0v) is 14.9. The summed E-state index contributed by atoms with van der Waals surface area (Å²) in [6, 6.07) is 13.3. The molecule has 0 bridgehead atoms. The van der Waals surface area contributed by atoms with Crippen molar-refractivity contribution in [3.63, 3.8) is 0 Å². The van der Waals surface area contributed by atoms with Crippen LogP contribution in [0.15, 0.2) is 58.7 Å². The second kappa shape index (κ2) is 6.15. The second-order valence-electron chi connectivity index (χ2n) is 6.18. The molecular weight excluding hydrogens is 369 g/mol. The first-order valence-corrected chi connectivity index (χ1v) is 8.46. The van der Waals surface area contributed by atoms with Gasteiger partial charge < -0.3 is 15.0 Å². The monoisotopic (exact) mass is 381 g/mol. The fourth-order valence-corrected chi connectivity index (χ4v) is 3.77. The molecule has 2 N–H and O–H groups in total. The molecule has 0 saturated carbocycles. The molecule has 2 heterocycles. The molecule has 1 aliphatic rings. The Bertz CT molecular complexity index is 1220. The lowest BCUT2D eigenvalue weighted by Gasteiger charge is -2.28. The Labute approximate surface area is 158 Å². The van der Waals surface area contributed by atoms with Crippen molar-refractivity contribution in [2.45, 2.75) is 5.92 Å². The summed E-state index contributed by atoms with van der Waals surface area (Å²) in [5.41, 5.74) is 6.30. The van der Waals surface area contributed by atoms with Crippen molar-refractivity contribution >= 4 is 22.5 Å². The van der Waals surface area contributed by atoms with Crippen LogP contribution in [0.2, 0.25) is 5.02 Å². The number of aromatic nitrogens is 1. The van der Waals surface area contributed by atoms with Crippen LogP contribution in [-0.4, -0.2) is 4.57 Å². The van der Waals surface area contributed by atoms with Crippen molar-refractivity contribution in [1.82, 2.24) is 4.57 Å². The van der Waals surface area contributed by atoms with Crippen LogP contribution in [0.1, 0.15) is 17.0 Å². The number of fused-ring (bicyclic) bond motifs is 3. The minimum Gasteiger partial charge on any atom is -0.439 e. The van der Waals surface area contributed by atoms with Crippen molar-refractivity contribution in [2.24, 2.45) is 12.8 Å². The van der Waals surface area contributed by atoms with E-state index in [4.69, 9.17) is 22.1 Å². The topological polar surface area (TPSA) is 81.0 Å². The van der Waals surface area contributed by atoms with Gasteiger partial charge >= 0.3 is 0 Å². The standard InChI is InChI=1S/C20H13ClFN3O2/c1-25-14-8-3-2-5-10(14)18-17(20(25)26)15(11(9-23)19(24)27-18)16-12(21)6-4-7-13(16)22/h2-8,15H,24H2,1H3. The fourth-order valence-electron chi connectivity index (χ4n) is 3.50. The molecule has 2 aromatic carbocycles. The number of allylic oxidation sites excluding steroid dienone is 1. The van der Waals surface area contributed by atoms with Gasteiger partial charge in [-0.2, -0.15) is 5.26 Å². The summed E-state index contributed by atoms with van der Waals surface area (Å²) in [7, 11) is 1.61. The van der Waals surface area contributed by atoms with E-state index in [0.717, 1.165) is 0 Å². The number of rotatable bonds is 1. The van der Waals surface area contributed by atoms with Crippen molar-refractivity contribution < 1.29 is 9.13 Å². The highest BCUT2D eigenvalue weighted by molar-refractivity contribution is 6.31. The van der Waals surface area contributed by atoms with E-state index in [1.807, 2.05) is 6.07 Å². The van der Waals surface area contributed by atoms with Gasteiger partial charge in [0.2, 0.25) is 5.88 Å². The first kappa shape index (κ1) is 17.1. The van der Waals surface area contributed by atoms with Gasteiger partial charge in [-0.15, -0.1) is 0 Å². The quantitative estimate of drug-likeness (QED) is 0.699. The number of benzene rings is 2. The number of para-hydroxylation sites is 1. The van der Waals surface area contributed by atoms with Crippen LogP contribution in [0.25, 0.3) is 10.9 Å². The first-order chi connectivity index (χ1) is 13.0. The third kappa shape index (κ3) is 2.40. The molecule has 3 aromatic rings. The van der Waals surface area contributed by atoms with Gasteiger partial charge in [0.25, 0.3) is 5.56 Å². The minimum absolute atomic E-state index is 0.0237. The number of nitriles is 1. The Morgan fingerprint density at radius 1 is 1.22 bits per heavy atom. The Morgan fingerprint density at radius 2 is 1.96 bits per heavy atom. The van der Waals surface area contributed by atoms with E-state index in [1.165, 1.54) is 22.8 Å². The average Bonchev–Trinajstić information content (AvgIpc) is 2.65. The van der Waals surface area contributed by atoms with Crippen molar-refractivity contribution in [1.29, 1.82) is 5.26 Å². The fraction of sp³-hybridized carbons (Fsp3) is 0.100. The van der Waals surface area contributed by atoms with Crippen LogP contribution in [0.4, 0.5) is 4.39 Å². The first-order valence-electron chi connectivity index (χ1n) is 8.08. The van der Waals surface area contributed by atoms with Crippen LogP contribution in [0.3, 0.4) is 0 Å². The Morgan fingerprint density at radius 3 is 2.67 bits per heavy atom. The summed E-state index contributed by atoms with van der Waals surface area (Å²) in [6.45, 7) is 0. The van der Waals surface area contributed by atoms with E-state index in [1.54, 1.807) is 31.3 Å². The normalized spacial score (nSPS) is 16.0. The zero-order valence-electron chi connectivity index (χ0n) is 14.2. The maximum absolute atomic E-state index is 14.7. The highest BCUT2D eigenvalue weighted by Crippen LogP contribution is 2.45. The number of nitrogens with zero attached hydrogens (tertiary/aromatic N) is 2. The van der Waals surface area contributed by atoms with Crippen LogP contribution < -0.4 is 16.0 Å². The lowest BCUT2D eigenvalue weighted by atomic mass is 9.83. The number of hydrogen-bond acceptors (Lipinski definition) is 4. The Kier molecular flexibility index (Phi) is 3.90. The molecule has 1 unspecified atom stereocenters. The molecule has 0 radical (unpaired) electrons. The number of pyridine rings is 1. The third-order valence-corrected chi connectivity index (χ3v) is 5.08. The van der Waals surface area contributed by atoms with Gasteiger partial charge in [0, 0.05) is 23.0 Å². The van der Waals surface area contributed by atoms with Crippen LogP contribution in [-0.2, 0) is 7.05 Å². The maximum Gasteiger partial charge on any atom is 0.258 e. The predicted octanol–water partition coefficient (Wildman–Crippen LogP) is 3.55. The second-order valence-corrected chi connectivity index (χ2v) is 6.59. The molecule has 0 fully saturated rings. The number of aryl methyl sites for hydroxylation is 1. The Hall–Kier alpha value is -3.30. The van der Waals surface area contributed by atoms with E-state index in [9.17, 15) is 14.4 Å². The third-order valence-electron chi connectivity index (χ3n) is 4.75. The highest BCUT2D eigenvalue weighted by Gasteiger charge is 2.37. The molecule has 0 amide bonds. The SMILES string of the molecule is Cn1c(=O)c2c(c3ccccc31)OC(N)=C(C#N)C2c1c(F)cccc1Cl. The van der Waals surface area contributed by atoms with Gasteiger partial charge in [-0.3, -0.25) is 4.79 Å². The molecule has 27 heavy (non-hydrogen) atoms. The van der Waals surface area contributed by atoms with Crippen molar-refractivity contribution in [2.75, 3.05) is 0 Å². The summed E-state index contributed by atoms with van der Waals surface area (Å²) in [5.74, 6) is -1.64. The maximum atomic E-state index is 14.7. The minimum atomic E-state index is -1.06. The van der Waals surface area contributed by atoms with Crippen LogP contribution in [0.5, 0.6) is 5.75 Å². The summed E-state index contributed by atoms with van der Waals surface area (Å²) < 4.78 is 21.8. The van der Waals surface area contributed by atoms with E-state index in [0.29, 0.717) is 10.9 Å². The molecule has 5 nitrogen and oxygen atoms in total. The van der Waals surface area contributed by atoms with Gasteiger partial charge in [0.1, 0.15) is 23.2 Å². The highest BCUT2D eigenvalue weighted by atomic mass is 35.5. The molecule has 1 aliphatic heterocycles. The number of nitrogens with two attached hydrogens (primary N) is 1. The number of ether oxygens (including phenoxy) is 1. The van der Waals surface area contributed by atoms with E-state index < -0.39 is 17.3 Å². The largest absolute Gasteiger partial charge is 0.439 e. The van der Waals surface area contributed by atoms with Gasteiger partial charge in [0.05, 0.1) is 17.0 Å². The van der Waals surface area contributed by atoms with E-state index in [-0.39, 0.29) is 33.4 Å². The van der Waals surface area contributed by atoms with Crippen molar-refractivity contribution in [3.05, 3.63) is 86.2 Å². The molecular formula is C20H13ClFN3O2. The number of hydrogen-bond donors (Lipinski definition) is 1. The molecule has 0 aliphatic carbocycles. The summed E-state index contributed by atoms with van der Waals surface area (Å²) in [5, 5.41) is 10.4. The van der Waals surface area contributed by atoms with E-state index in [2.05, 4.69) is 0 Å². The predicted molar refractivity (Wildman–Crippen MR) is 99.9 cm³/mol. The smallest absolute Gasteiger partial charge is 0.258 e. The molecule has 1 atom stereocenters. The summed E-state index contributed by atoms with van der Waals surface area (Å²) in [6.07, 6.45) is 0. The summed E-state index contributed by atoms with van der Waals surface area (Å²) >= 11 is 6.25. The molecule has 0 saturated heterocycles. The average molecular weight is 382 g/mol. The molecule has 7 heteroatoms. The number of halogens is 2. The van der Waals surface area contributed by atoms with Crippen molar-refractivity contribution in [3.8, 4) is 11.8 Å². The van der Waals surface area contributed by atoms with Gasteiger partial charge in [-0.1, -0.05) is 29.8 Å². The molecule has 1 aromatic heterocycles. The van der Waals surface area contributed by atoms with E-state index >= 15 is 0 Å². The van der Waals surface area contributed by atoms with Crippen LogP contribution >= 0.6 is 11.6 Å². The summed E-state index contributed by atoms with van der Waals surface area (Å²) in [4.78, 5) is 13.1. The molecule has 134 valence electrons. The lowest BCUT2D eigenvalue weighted by Crippen LogP contribution is -2.31. The lowest BCUT2D eigenvalue weighted by molar-refractivity contribution is 0.394. The molecule has 4 rings (SSSR count). The Balaban J connectivity index is 2.19. The van der Waals surface area contributed by atoms with Gasteiger partial charge in [-0.25, -0.2) is 4.39 Å². The van der Waals surface area contributed by atoms with Gasteiger partial charge in [-0.05, 0) is 24.3 Å². The zero-order chi connectivity index (χ0) is 19.3.